The van der Waals surface area contributed by atoms with E-state index in [1.165, 1.54) is 18.4 Å². The first-order valence-corrected chi connectivity index (χ1v) is 4.87. The Bertz CT molecular complexity index is 363. The molecular weight excluding hydrogens is 174 g/mol. The fourth-order valence-corrected chi connectivity index (χ4v) is 1.66. The maximum absolute atomic E-state index is 8.85. The molecular formula is C12H13NO. The van der Waals surface area contributed by atoms with Gasteiger partial charge in [0, 0.05) is 7.11 Å². The maximum Gasteiger partial charge on any atom is 0.168 e. The van der Waals surface area contributed by atoms with Gasteiger partial charge in [0.25, 0.3) is 0 Å². The van der Waals surface area contributed by atoms with E-state index >= 15 is 0 Å². The number of ether oxygens (including phenoxy) is 1. The van der Waals surface area contributed by atoms with Gasteiger partial charge in [0.15, 0.2) is 6.10 Å². The summed E-state index contributed by atoms with van der Waals surface area (Å²) < 4.78 is 5.08. The van der Waals surface area contributed by atoms with Crippen molar-refractivity contribution < 1.29 is 4.74 Å². The van der Waals surface area contributed by atoms with Gasteiger partial charge >= 0.3 is 0 Å². The highest BCUT2D eigenvalue weighted by atomic mass is 16.5. The van der Waals surface area contributed by atoms with E-state index < -0.39 is 6.10 Å². The van der Waals surface area contributed by atoms with Crippen molar-refractivity contribution in [3.05, 3.63) is 35.4 Å². The number of rotatable bonds is 3. The summed E-state index contributed by atoms with van der Waals surface area (Å²) in [6.45, 7) is 0. The Kier molecular flexibility index (Phi) is 2.51. The summed E-state index contributed by atoms with van der Waals surface area (Å²) in [4.78, 5) is 0. The van der Waals surface area contributed by atoms with Gasteiger partial charge in [0.1, 0.15) is 0 Å². The third-order valence-electron chi connectivity index (χ3n) is 2.62. The van der Waals surface area contributed by atoms with E-state index in [9.17, 15) is 0 Å². The van der Waals surface area contributed by atoms with Crippen molar-refractivity contribution in [2.45, 2.75) is 24.9 Å². The summed E-state index contributed by atoms with van der Waals surface area (Å²) in [6.07, 6.45) is 2.15. The zero-order valence-electron chi connectivity index (χ0n) is 8.23. The highest BCUT2D eigenvalue weighted by molar-refractivity contribution is 5.32. The maximum atomic E-state index is 8.85. The van der Waals surface area contributed by atoms with Gasteiger partial charge in [0.05, 0.1) is 6.07 Å². The Balaban J connectivity index is 2.25. The first-order chi connectivity index (χ1) is 6.85. The van der Waals surface area contributed by atoms with Crippen molar-refractivity contribution in [1.29, 1.82) is 5.26 Å². The third kappa shape index (κ3) is 1.78. The molecule has 2 rings (SSSR count). The molecule has 1 aliphatic rings. The summed E-state index contributed by atoms with van der Waals surface area (Å²) in [5.41, 5.74) is 2.32. The summed E-state index contributed by atoms with van der Waals surface area (Å²) in [7, 11) is 1.57. The average molecular weight is 187 g/mol. The quantitative estimate of drug-likeness (QED) is 0.729. The molecule has 0 amide bonds. The topological polar surface area (TPSA) is 33.0 Å². The van der Waals surface area contributed by atoms with E-state index in [2.05, 4.69) is 18.2 Å². The molecule has 1 unspecified atom stereocenters. The summed E-state index contributed by atoms with van der Waals surface area (Å²) in [5, 5.41) is 8.85. The Morgan fingerprint density at radius 3 is 2.86 bits per heavy atom. The van der Waals surface area contributed by atoms with Crippen molar-refractivity contribution >= 4 is 0 Å². The second-order valence-electron chi connectivity index (χ2n) is 3.69. The minimum Gasteiger partial charge on any atom is -0.362 e. The van der Waals surface area contributed by atoms with E-state index in [-0.39, 0.29) is 0 Å². The van der Waals surface area contributed by atoms with Crippen LogP contribution in [0.3, 0.4) is 0 Å². The lowest BCUT2D eigenvalue weighted by molar-refractivity contribution is 0.148. The molecule has 0 aromatic heterocycles. The van der Waals surface area contributed by atoms with Crippen LogP contribution in [0.2, 0.25) is 0 Å². The molecule has 0 N–H and O–H groups in total. The minimum absolute atomic E-state index is 0.423. The number of benzene rings is 1. The standard InChI is InChI=1S/C12H13NO/c1-14-12(8-13)11-4-2-3-10(7-11)9-5-6-9/h2-4,7,9,12H,5-6H2,1H3. The lowest BCUT2D eigenvalue weighted by atomic mass is 10.0. The lowest BCUT2D eigenvalue weighted by Crippen LogP contribution is -1.98. The molecule has 0 saturated heterocycles. The molecule has 1 fully saturated rings. The van der Waals surface area contributed by atoms with Crippen LogP contribution in [0.4, 0.5) is 0 Å². The Hall–Kier alpha value is -1.33. The van der Waals surface area contributed by atoms with Crippen LogP contribution in [-0.4, -0.2) is 7.11 Å². The second kappa shape index (κ2) is 3.81. The van der Waals surface area contributed by atoms with E-state index in [0.29, 0.717) is 0 Å². The van der Waals surface area contributed by atoms with E-state index in [1.807, 2.05) is 12.1 Å². The van der Waals surface area contributed by atoms with Crippen molar-refractivity contribution in [3.63, 3.8) is 0 Å². The van der Waals surface area contributed by atoms with Crippen molar-refractivity contribution in [2.24, 2.45) is 0 Å². The predicted octanol–water partition coefficient (Wildman–Crippen LogP) is 2.78. The number of nitriles is 1. The van der Waals surface area contributed by atoms with Gasteiger partial charge in [-0.05, 0) is 29.9 Å². The first kappa shape index (κ1) is 9.23. The summed E-state index contributed by atoms with van der Waals surface area (Å²) in [6, 6.07) is 10.3. The van der Waals surface area contributed by atoms with E-state index in [0.717, 1.165) is 11.5 Å². The Morgan fingerprint density at radius 1 is 1.50 bits per heavy atom. The van der Waals surface area contributed by atoms with Crippen LogP contribution in [0.5, 0.6) is 0 Å². The first-order valence-electron chi connectivity index (χ1n) is 4.87. The lowest BCUT2D eigenvalue weighted by Gasteiger charge is -2.08. The van der Waals surface area contributed by atoms with Gasteiger partial charge < -0.3 is 4.74 Å². The molecule has 0 radical (unpaired) electrons. The molecule has 72 valence electrons. The van der Waals surface area contributed by atoms with Gasteiger partial charge in [-0.15, -0.1) is 0 Å². The monoisotopic (exact) mass is 187 g/mol. The van der Waals surface area contributed by atoms with Gasteiger partial charge in [-0.3, -0.25) is 0 Å². The van der Waals surface area contributed by atoms with Crippen LogP contribution in [-0.2, 0) is 4.74 Å². The average Bonchev–Trinajstić information content (AvgIpc) is 3.03. The minimum atomic E-state index is -0.423. The molecule has 0 spiro atoms. The van der Waals surface area contributed by atoms with E-state index in [4.69, 9.17) is 10.00 Å². The Morgan fingerprint density at radius 2 is 2.29 bits per heavy atom. The highest BCUT2D eigenvalue weighted by Gasteiger charge is 2.24. The van der Waals surface area contributed by atoms with Crippen molar-refractivity contribution in [1.82, 2.24) is 0 Å². The van der Waals surface area contributed by atoms with Gasteiger partial charge in [0.2, 0.25) is 0 Å². The molecule has 0 bridgehead atoms. The van der Waals surface area contributed by atoms with Crippen molar-refractivity contribution in [3.8, 4) is 6.07 Å². The molecule has 0 heterocycles. The number of methoxy groups -OCH3 is 1. The molecule has 14 heavy (non-hydrogen) atoms. The molecule has 2 heteroatoms. The van der Waals surface area contributed by atoms with Crippen LogP contribution in [0.1, 0.15) is 36.0 Å². The molecule has 1 atom stereocenters. The third-order valence-corrected chi connectivity index (χ3v) is 2.62. The molecule has 2 nitrogen and oxygen atoms in total. The molecule has 1 aliphatic carbocycles. The van der Waals surface area contributed by atoms with Crippen LogP contribution >= 0.6 is 0 Å². The van der Waals surface area contributed by atoms with Crippen LogP contribution in [0.15, 0.2) is 24.3 Å². The predicted molar refractivity (Wildman–Crippen MR) is 53.8 cm³/mol. The summed E-state index contributed by atoms with van der Waals surface area (Å²) >= 11 is 0. The molecule has 0 aliphatic heterocycles. The van der Waals surface area contributed by atoms with E-state index in [1.54, 1.807) is 7.11 Å². The fraction of sp³-hybridized carbons (Fsp3) is 0.417. The SMILES string of the molecule is COC(C#N)c1cccc(C2CC2)c1. The Labute approximate surface area is 84.1 Å². The molecule has 1 aromatic carbocycles. The van der Waals surface area contributed by atoms with Crippen LogP contribution in [0, 0.1) is 11.3 Å². The molecule has 1 saturated carbocycles. The molecule has 1 aromatic rings. The summed E-state index contributed by atoms with van der Waals surface area (Å²) in [5.74, 6) is 0.728. The zero-order chi connectivity index (χ0) is 9.97. The number of hydrogen-bond acceptors (Lipinski definition) is 2. The number of hydrogen-bond donors (Lipinski definition) is 0. The normalized spacial score (nSPS) is 17.4. The van der Waals surface area contributed by atoms with Crippen molar-refractivity contribution in [2.75, 3.05) is 7.11 Å². The zero-order valence-corrected chi connectivity index (χ0v) is 8.23. The van der Waals surface area contributed by atoms with Gasteiger partial charge in [-0.2, -0.15) is 5.26 Å². The second-order valence-corrected chi connectivity index (χ2v) is 3.69. The van der Waals surface area contributed by atoms with Gasteiger partial charge in [-0.25, -0.2) is 0 Å². The number of nitrogens with zero attached hydrogens (tertiary/aromatic N) is 1. The van der Waals surface area contributed by atoms with Gasteiger partial charge in [-0.1, -0.05) is 24.3 Å². The highest BCUT2D eigenvalue weighted by Crippen LogP contribution is 2.40. The smallest absolute Gasteiger partial charge is 0.168 e. The van der Waals surface area contributed by atoms with Crippen LogP contribution < -0.4 is 0 Å². The fourth-order valence-electron chi connectivity index (χ4n) is 1.66. The largest absolute Gasteiger partial charge is 0.362 e. The van der Waals surface area contributed by atoms with Crippen LogP contribution in [0.25, 0.3) is 0 Å².